The van der Waals surface area contributed by atoms with Crippen molar-refractivity contribution in [1.82, 2.24) is 0 Å². The molecule has 4 aliphatic rings. The van der Waals surface area contributed by atoms with Gasteiger partial charge in [-0.2, -0.15) is 0 Å². The molecule has 84 valence electrons. The zero-order chi connectivity index (χ0) is 11.9. The van der Waals surface area contributed by atoms with Crippen molar-refractivity contribution < 1.29 is 0 Å². The summed E-state index contributed by atoms with van der Waals surface area (Å²) in [5.41, 5.74) is 5.32. The van der Waals surface area contributed by atoms with E-state index in [1.54, 1.807) is 0 Å². The van der Waals surface area contributed by atoms with Crippen molar-refractivity contribution in [2.24, 2.45) is 0 Å². The minimum Gasteiger partial charge on any atom is -0.0622 e. The molecule has 0 unspecified atom stereocenters. The Morgan fingerprint density at radius 2 is 1.00 bits per heavy atom. The van der Waals surface area contributed by atoms with Crippen molar-refractivity contribution >= 4 is 10.8 Å². The van der Waals surface area contributed by atoms with Gasteiger partial charge in [0.1, 0.15) is 0 Å². The molecule has 18 heavy (non-hydrogen) atoms. The van der Waals surface area contributed by atoms with Gasteiger partial charge in [0.25, 0.3) is 0 Å². The first-order chi connectivity index (χ1) is 8.93. The SMILES string of the molecule is c1ccc2cc3cc4cccccc-4c3c-2cc1. The van der Waals surface area contributed by atoms with Gasteiger partial charge >= 0.3 is 0 Å². The van der Waals surface area contributed by atoms with E-state index in [-0.39, 0.29) is 0 Å². The summed E-state index contributed by atoms with van der Waals surface area (Å²) in [5.74, 6) is 0. The van der Waals surface area contributed by atoms with Gasteiger partial charge in [-0.15, -0.1) is 0 Å². The highest BCUT2D eigenvalue weighted by atomic mass is 14.2. The van der Waals surface area contributed by atoms with Gasteiger partial charge in [0.05, 0.1) is 0 Å². The lowest BCUT2D eigenvalue weighted by atomic mass is 10.1. The van der Waals surface area contributed by atoms with Crippen molar-refractivity contribution in [2.45, 2.75) is 0 Å². The lowest BCUT2D eigenvalue weighted by Crippen LogP contribution is -1.70. The molecule has 0 aromatic carbocycles. The summed E-state index contributed by atoms with van der Waals surface area (Å²) in [6.45, 7) is 0. The first-order valence-corrected chi connectivity index (χ1v) is 6.23. The van der Waals surface area contributed by atoms with Crippen LogP contribution in [0.3, 0.4) is 0 Å². The first kappa shape index (κ1) is 9.67. The number of hydrogen-bond donors (Lipinski definition) is 0. The second-order valence-electron chi connectivity index (χ2n) is 4.68. The van der Waals surface area contributed by atoms with Gasteiger partial charge in [-0.25, -0.2) is 0 Å². The third-order valence-corrected chi connectivity index (χ3v) is 3.59. The van der Waals surface area contributed by atoms with Crippen molar-refractivity contribution in [3.8, 4) is 22.3 Å². The summed E-state index contributed by atoms with van der Waals surface area (Å²) < 4.78 is 0. The standard InChI is InChI=1S/C18H12/c1-3-7-13-11-15-12-14-8-4-2-6-10-17(14)18(15)16(13)9-5-1/h1-12H. The molecule has 0 amide bonds. The van der Waals surface area contributed by atoms with E-state index in [1.807, 2.05) is 0 Å². The maximum atomic E-state index is 2.28. The Hall–Kier alpha value is -2.34. The molecule has 4 aliphatic carbocycles. The average molecular weight is 228 g/mol. The van der Waals surface area contributed by atoms with E-state index in [1.165, 1.54) is 33.0 Å². The van der Waals surface area contributed by atoms with Gasteiger partial charge in [-0.05, 0) is 45.2 Å². The second kappa shape index (κ2) is 3.58. The molecule has 0 aliphatic heterocycles. The Bertz CT molecular complexity index is 719. The molecule has 0 nitrogen and oxygen atoms in total. The van der Waals surface area contributed by atoms with Crippen molar-refractivity contribution in [2.75, 3.05) is 0 Å². The summed E-state index contributed by atoms with van der Waals surface area (Å²) in [5, 5.41) is 2.73. The fourth-order valence-corrected chi connectivity index (χ4v) is 2.81. The predicted octanol–water partition coefficient (Wildman–Crippen LogP) is 5.05. The highest BCUT2D eigenvalue weighted by molar-refractivity contribution is 6.13. The quantitative estimate of drug-likeness (QED) is 0.395. The molecular formula is C18H12. The predicted molar refractivity (Wildman–Crippen MR) is 77.2 cm³/mol. The average Bonchev–Trinajstić information content (AvgIpc) is 2.67. The van der Waals surface area contributed by atoms with E-state index in [4.69, 9.17) is 0 Å². The van der Waals surface area contributed by atoms with E-state index >= 15 is 0 Å². The Morgan fingerprint density at radius 3 is 1.56 bits per heavy atom. The van der Waals surface area contributed by atoms with Gasteiger partial charge in [-0.3, -0.25) is 0 Å². The van der Waals surface area contributed by atoms with E-state index < -0.39 is 0 Å². The van der Waals surface area contributed by atoms with E-state index in [0.717, 1.165) is 0 Å². The van der Waals surface area contributed by atoms with Crippen LogP contribution in [0.15, 0.2) is 72.8 Å². The number of fused-ring (bicyclic) bond motifs is 5. The van der Waals surface area contributed by atoms with Crippen LogP contribution in [0.4, 0.5) is 0 Å². The normalized spacial score (nSPS) is 11.3. The summed E-state index contributed by atoms with van der Waals surface area (Å²) in [6.07, 6.45) is 0. The third kappa shape index (κ3) is 1.26. The second-order valence-corrected chi connectivity index (χ2v) is 4.68. The number of hydrogen-bond acceptors (Lipinski definition) is 0. The number of rotatable bonds is 0. The smallest absolute Gasteiger partial charge is 0.00264 e. The molecule has 4 rings (SSSR count). The summed E-state index contributed by atoms with van der Waals surface area (Å²) >= 11 is 0. The van der Waals surface area contributed by atoms with Crippen LogP contribution in [-0.4, -0.2) is 0 Å². The topological polar surface area (TPSA) is 0 Å². The lowest BCUT2D eigenvalue weighted by molar-refractivity contribution is 1.81. The minimum atomic E-state index is 1.32. The molecule has 0 N–H and O–H groups in total. The molecule has 0 aromatic rings. The van der Waals surface area contributed by atoms with Crippen LogP contribution in [0.2, 0.25) is 0 Å². The van der Waals surface area contributed by atoms with Gasteiger partial charge in [0.15, 0.2) is 0 Å². The van der Waals surface area contributed by atoms with Crippen LogP contribution in [0.25, 0.3) is 33.0 Å². The van der Waals surface area contributed by atoms with Gasteiger partial charge in [0.2, 0.25) is 0 Å². The van der Waals surface area contributed by atoms with Gasteiger partial charge < -0.3 is 0 Å². The molecule has 0 aromatic heterocycles. The highest BCUT2D eigenvalue weighted by Gasteiger charge is 2.15. The van der Waals surface area contributed by atoms with Gasteiger partial charge in [0, 0.05) is 0 Å². The molecule has 0 heterocycles. The zero-order valence-electron chi connectivity index (χ0n) is 9.93. The highest BCUT2D eigenvalue weighted by Crippen LogP contribution is 2.42. The van der Waals surface area contributed by atoms with Crippen molar-refractivity contribution in [3.05, 3.63) is 72.8 Å². The first-order valence-electron chi connectivity index (χ1n) is 6.23. The molecule has 0 bridgehead atoms. The summed E-state index contributed by atoms with van der Waals surface area (Å²) in [7, 11) is 0. The summed E-state index contributed by atoms with van der Waals surface area (Å²) in [6, 6.07) is 25.9. The van der Waals surface area contributed by atoms with Crippen LogP contribution in [0.5, 0.6) is 0 Å². The maximum Gasteiger partial charge on any atom is -0.00264 e. The van der Waals surface area contributed by atoms with Crippen molar-refractivity contribution in [1.29, 1.82) is 0 Å². The molecule has 0 saturated heterocycles. The minimum absolute atomic E-state index is 1.32. The maximum absolute atomic E-state index is 2.28. The molecule has 0 atom stereocenters. The van der Waals surface area contributed by atoms with Crippen molar-refractivity contribution in [3.63, 3.8) is 0 Å². The molecule has 0 radical (unpaired) electrons. The van der Waals surface area contributed by atoms with Crippen LogP contribution < -0.4 is 0 Å². The van der Waals surface area contributed by atoms with Crippen LogP contribution in [0.1, 0.15) is 0 Å². The van der Waals surface area contributed by atoms with Crippen LogP contribution >= 0.6 is 0 Å². The summed E-state index contributed by atoms with van der Waals surface area (Å²) in [4.78, 5) is 0. The Balaban J connectivity index is 2.23. The molecule has 0 saturated carbocycles. The Kier molecular flexibility index (Phi) is 1.92. The monoisotopic (exact) mass is 228 g/mol. The lowest BCUT2D eigenvalue weighted by Gasteiger charge is -1.97. The Labute approximate surface area is 106 Å². The van der Waals surface area contributed by atoms with Gasteiger partial charge in [-0.1, -0.05) is 60.7 Å². The van der Waals surface area contributed by atoms with Crippen LogP contribution in [-0.2, 0) is 0 Å². The van der Waals surface area contributed by atoms with E-state index in [0.29, 0.717) is 0 Å². The fourth-order valence-electron chi connectivity index (χ4n) is 2.81. The molecular weight excluding hydrogens is 216 g/mol. The molecule has 0 spiro atoms. The molecule has 0 heteroatoms. The van der Waals surface area contributed by atoms with E-state index in [2.05, 4.69) is 72.8 Å². The third-order valence-electron chi connectivity index (χ3n) is 3.59. The zero-order valence-corrected chi connectivity index (χ0v) is 9.93. The fraction of sp³-hybridized carbons (Fsp3) is 0. The van der Waals surface area contributed by atoms with Crippen LogP contribution in [0, 0.1) is 0 Å². The largest absolute Gasteiger partial charge is 0.0622 e. The Morgan fingerprint density at radius 1 is 0.500 bits per heavy atom. The molecule has 0 fully saturated rings. The van der Waals surface area contributed by atoms with E-state index in [9.17, 15) is 0 Å².